The lowest BCUT2D eigenvalue weighted by atomic mass is 9.99. The minimum atomic E-state index is -1.21. The first-order valence-corrected chi connectivity index (χ1v) is 16.5. The maximum atomic E-state index is 13.8. The molecule has 2 fully saturated rings. The van der Waals surface area contributed by atoms with Crippen LogP contribution in [0.1, 0.15) is 50.7 Å². The average molecular weight is 681 g/mol. The van der Waals surface area contributed by atoms with E-state index in [-0.39, 0.29) is 24.8 Å². The minimum Gasteiger partial charge on any atom is -0.480 e. The zero-order chi connectivity index (χ0) is 32.1. The molecule has 5 atom stereocenters. The quantitative estimate of drug-likeness (QED) is 0.190. The molecule has 0 radical (unpaired) electrons. The number of amides is 4. The number of nitrogens with one attached hydrogen (secondary N) is 4. The first-order chi connectivity index (χ1) is 21.5. The van der Waals surface area contributed by atoms with Crippen molar-refractivity contribution in [3.8, 4) is 0 Å². The van der Waals surface area contributed by atoms with Crippen molar-refractivity contribution in [2.45, 2.75) is 70.5 Å². The molecular weight excluding hydrogens is 638 g/mol. The number of carboxylic acids is 1. The number of carboxylic acid groups (broad SMARTS) is 1. The number of para-hydroxylation sites is 1. The van der Waals surface area contributed by atoms with Crippen LogP contribution in [-0.2, 0) is 27.2 Å². The predicted molar refractivity (Wildman–Crippen MR) is 176 cm³/mol. The molecule has 11 heteroatoms. The number of nitrogens with zero attached hydrogens (tertiary/aromatic N) is 1. The Morgan fingerprint density at radius 2 is 1.53 bits per heavy atom. The fourth-order valence-corrected chi connectivity index (χ4v) is 6.91. The van der Waals surface area contributed by atoms with Gasteiger partial charge in [0, 0.05) is 47.5 Å². The number of likely N-dealkylation sites (tertiary alicyclic amines) is 1. The van der Waals surface area contributed by atoms with Gasteiger partial charge in [-0.2, -0.15) is 0 Å². The molecule has 1 aromatic heterocycles. The number of benzene rings is 2. The molecule has 5 N–H and O–H groups in total. The van der Waals surface area contributed by atoms with E-state index in [9.17, 15) is 24.3 Å². The van der Waals surface area contributed by atoms with Gasteiger partial charge in [0.1, 0.15) is 18.1 Å². The molecule has 0 spiro atoms. The summed E-state index contributed by atoms with van der Waals surface area (Å²) >= 11 is 3.38. The Morgan fingerprint density at radius 1 is 0.889 bits per heavy atom. The number of piperidine rings is 1. The predicted octanol–water partition coefficient (Wildman–Crippen LogP) is 4.63. The van der Waals surface area contributed by atoms with Crippen LogP contribution in [0.15, 0.2) is 59.2 Å². The fraction of sp³-hybridized carbons (Fsp3) is 0.471. The normalized spacial score (nSPS) is 19.6. The highest BCUT2D eigenvalue weighted by atomic mass is 79.9. The van der Waals surface area contributed by atoms with Crippen molar-refractivity contribution >= 4 is 50.6 Å². The van der Waals surface area contributed by atoms with Crippen molar-refractivity contribution in [1.82, 2.24) is 25.8 Å². The molecule has 45 heavy (non-hydrogen) atoms. The Balaban J connectivity index is 1.34. The summed E-state index contributed by atoms with van der Waals surface area (Å²) in [5.41, 5.74) is 2.44. The van der Waals surface area contributed by atoms with Gasteiger partial charge in [-0.1, -0.05) is 60.1 Å². The van der Waals surface area contributed by atoms with Crippen LogP contribution in [-0.4, -0.2) is 70.0 Å². The van der Waals surface area contributed by atoms with Crippen LogP contribution in [0.3, 0.4) is 0 Å². The summed E-state index contributed by atoms with van der Waals surface area (Å²) in [6, 6.07) is 11.5. The maximum Gasteiger partial charge on any atom is 0.326 e. The van der Waals surface area contributed by atoms with Gasteiger partial charge < -0.3 is 30.9 Å². The zero-order valence-corrected chi connectivity index (χ0v) is 27.3. The summed E-state index contributed by atoms with van der Waals surface area (Å²) in [7, 11) is 0. The second-order valence-electron chi connectivity index (χ2n) is 12.9. The number of rotatable bonds is 12. The highest BCUT2D eigenvalue weighted by molar-refractivity contribution is 9.10. The van der Waals surface area contributed by atoms with Gasteiger partial charge in [-0.25, -0.2) is 9.59 Å². The SMILES string of the molecule is CC(C)C[C@H](NC(=O)N1C[C@@H]2CC[C@@H](C2)C1)C(=O)N[C@H](Cc1c[nH]c2ccccc12)C(=O)N[C@H](Cc1ccc(Br)cc1)C(=O)O. The van der Waals surface area contributed by atoms with Gasteiger partial charge in [-0.05, 0) is 72.8 Å². The van der Waals surface area contributed by atoms with Crippen LogP contribution in [0.2, 0.25) is 0 Å². The number of hydrogen-bond acceptors (Lipinski definition) is 4. The molecule has 1 aliphatic heterocycles. The van der Waals surface area contributed by atoms with Crippen molar-refractivity contribution in [1.29, 1.82) is 0 Å². The summed E-state index contributed by atoms with van der Waals surface area (Å²) < 4.78 is 0.861. The molecule has 1 saturated carbocycles. The van der Waals surface area contributed by atoms with E-state index >= 15 is 0 Å². The lowest BCUT2D eigenvalue weighted by Gasteiger charge is -2.33. The summed E-state index contributed by atoms with van der Waals surface area (Å²) in [6.07, 6.45) is 5.81. The number of hydrogen-bond donors (Lipinski definition) is 5. The molecule has 2 aliphatic rings. The number of aromatic nitrogens is 1. The van der Waals surface area contributed by atoms with Gasteiger partial charge in [0.2, 0.25) is 11.8 Å². The molecule has 240 valence electrons. The Hall–Kier alpha value is -3.86. The number of carbonyl (C=O) groups is 4. The third kappa shape index (κ3) is 8.45. The molecule has 10 nitrogen and oxygen atoms in total. The van der Waals surface area contributed by atoms with Crippen LogP contribution in [0.5, 0.6) is 0 Å². The lowest BCUT2D eigenvalue weighted by Crippen LogP contribution is -2.58. The van der Waals surface area contributed by atoms with Gasteiger partial charge in [-0.15, -0.1) is 0 Å². The van der Waals surface area contributed by atoms with Gasteiger partial charge in [0.05, 0.1) is 0 Å². The highest BCUT2D eigenvalue weighted by Crippen LogP contribution is 2.36. The van der Waals surface area contributed by atoms with E-state index in [1.165, 1.54) is 0 Å². The highest BCUT2D eigenvalue weighted by Gasteiger charge is 2.37. The van der Waals surface area contributed by atoms with E-state index in [1.807, 2.05) is 55.1 Å². The zero-order valence-electron chi connectivity index (χ0n) is 25.7. The molecular formula is C34H42BrN5O5. The van der Waals surface area contributed by atoms with Crippen molar-refractivity contribution in [2.24, 2.45) is 17.8 Å². The molecule has 2 aromatic carbocycles. The molecule has 2 bridgehead atoms. The molecule has 4 amide bonds. The first-order valence-electron chi connectivity index (χ1n) is 15.7. The first kappa shape index (κ1) is 32.5. The van der Waals surface area contributed by atoms with Crippen LogP contribution in [0, 0.1) is 17.8 Å². The molecule has 1 saturated heterocycles. The lowest BCUT2D eigenvalue weighted by molar-refractivity contribution is -0.142. The third-order valence-electron chi connectivity index (χ3n) is 8.92. The van der Waals surface area contributed by atoms with Crippen LogP contribution < -0.4 is 16.0 Å². The van der Waals surface area contributed by atoms with E-state index in [0.29, 0.717) is 31.3 Å². The van der Waals surface area contributed by atoms with Crippen molar-refractivity contribution in [3.05, 3.63) is 70.3 Å². The van der Waals surface area contributed by atoms with Gasteiger partial charge in [0.25, 0.3) is 0 Å². The third-order valence-corrected chi connectivity index (χ3v) is 9.44. The van der Waals surface area contributed by atoms with E-state index in [4.69, 9.17) is 0 Å². The monoisotopic (exact) mass is 679 g/mol. The summed E-state index contributed by atoms with van der Waals surface area (Å²) in [5.74, 6) is -1.14. The van der Waals surface area contributed by atoms with Gasteiger partial charge in [0.15, 0.2) is 0 Å². The largest absolute Gasteiger partial charge is 0.480 e. The van der Waals surface area contributed by atoms with E-state index in [1.54, 1.807) is 18.3 Å². The van der Waals surface area contributed by atoms with Crippen molar-refractivity contribution in [3.63, 3.8) is 0 Å². The molecule has 0 unspecified atom stereocenters. The number of aromatic amines is 1. The standard InChI is InChI=1S/C34H42BrN5O5/c1-20(2)13-28(39-34(45)40-18-22-7-8-23(14-22)19-40)31(41)37-29(16-24-17-36-27-6-4-3-5-26(24)27)32(42)38-30(33(43)44)15-21-9-11-25(35)12-10-21/h3-6,9-12,17,20,22-23,28-30,36H,7-8,13-16,18-19H2,1-2H3,(H,37,41)(H,38,42)(H,39,45)(H,43,44)/t22-,23+,28-,29+,30+/m0/s1. The summed E-state index contributed by atoms with van der Waals surface area (Å²) in [5, 5.41) is 19.4. The number of fused-ring (bicyclic) bond motifs is 3. The second kappa shape index (κ2) is 14.5. The second-order valence-corrected chi connectivity index (χ2v) is 13.9. The maximum absolute atomic E-state index is 13.8. The minimum absolute atomic E-state index is 0.0754. The Bertz CT molecular complexity index is 1510. The van der Waals surface area contributed by atoms with Gasteiger partial charge >= 0.3 is 12.0 Å². The molecule has 5 rings (SSSR count). The number of H-pyrrole nitrogens is 1. The summed E-state index contributed by atoms with van der Waals surface area (Å²) in [4.78, 5) is 58.2. The van der Waals surface area contributed by atoms with E-state index < -0.39 is 35.9 Å². The molecule has 3 aromatic rings. The number of halogens is 1. The smallest absolute Gasteiger partial charge is 0.326 e. The van der Waals surface area contributed by atoms with Crippen LogP contribution >= 0.6 is 15.9 Å². The van der Waals surface area contributed by atoms with Crippen molar-refractivity contribution in [2.75, 3.05) is 13.1 Å². The Morgan fingerprint density at radius 3 is 2.20 bits per heavy atom. The Labute approximate surface area is 271 Å². The number of aliphatic carboxylic acids is 1. The number of urea groups is 1. The summed E-state index contributed by atoms with van der Waals surface area (Å²) in [6.45, 7) is 5.34. The van der Waals surface area contributed by atoms with Gasteiger partial charge in [-0.3, -0.25) is 9.59 Å². The fourth-order valence-electron chi connectivity index (χ4n) is 6.65. The molecule has 2 heterocycles. The van der Waals surface area contributed by atoms with Crippen molar-refractivity contribution < 1.29 is 24.3 Å². The van der Waals surface area contributed by atoms with E-state index in [0.717, 1.165) is 45.8 Å². The molecule has 1 aliphatic carbocycles. The van der Waals surface area contributed by atoms with E-state index in [2.05, 4.69) is 36.9 Å². The average Bonchev–Trinajstić information content (AvgIpc) is 3.57. The topological polar surface area (TPSA) is 144 Å². The Kier molecular flexibility index (Phi) is 10.5. The van der Waals surface area contributed by atoms with Crippen LogP contribution in [0.4, 0.5) is 4.79 Å². The number of carbonyl (C=O) groups excluding carboxylic acids is 3. The van der Waals surface area contributed by atoms with Crippen LogP contribution in [0.25, 0.3) is 10.9 Å².